The highest BCUT2D eigenvalue weighted by molar-refractivity contribution is 5.92. The van der Waals surface area contributed by atoms with Crippen LogP contribution in [0.2, 0.25) is 0 Å². The van der Waals surface area contributed by atoms with Gasteiger partial charge in [-0.15, -0.1) is 0 Å². The molecule has 1 aliphatic heterocycles. The molecule has 0 unspecified atom stereocenters. The van der Waals surface area contributed by atoms with Crippen molar-refractivity contribution in [3.8, 4) is 0 Å². The highest BCUT2D eigenvalue weighted by Gasteiger charge is 2.40. The zero-order valence-electron chi connectivity index (χ0n) is 13.6. The second-order valence-corrected chi connectivity index (χ2v) is 6.63. The van der Waals surface area contributed by atoms with Crippen molar-refractivity contribution in [1.29, 1.82) is 0 Å². The minimum absolute atomic E-state index is 0.0172. The predicted octanol–water partition coefficient (Wildman–Crippen LogP) is 3.34. The Hall–Kier alpha value is -2.28. The Morgan fingerprint density at radius 1 is 1.24 bits per heavy atom. The van der Waals surface area contributed by atoms with Gasteiger partial charge in [0.25, 0.3) is 12.3 Å². The van der Waals surface area contributed by atoms with Crippen LogP contribution in [0.1, 0.15) is 47.1 Å². The minimum Gasteiger partial charge on any atom is -0.366 e. The number of rotatable bonds is 4. The van der Waals surface area contributed by atoms with Crippen LogP contribution >= 0.6 is 0 Å². The van der Waals surface area contributed by atoms with Crippen molar-refractivity contribution in [2.24, 2.45) is 5.92 Å². The molecule has 132 valence electrons. The van der Waals surface area contributed by atoms with Gasteiger partial charge < -0.3 is 9.64 Å². The van der Waals surface area contributed by atoms with Gasteiger partial charge in [-0.3, -0.25) is 9.89 Å². The number of hydrogen-bond donors (Lipinski definition) is 1. The van der Waals surface area contributed by atoms with E-state index in [0.717, 1.165) is 24.5 Å². The van der Waals surface area contributed by atoms with Crippen LogP contribution in [-0.2, 0) is 4.74 Å². The number of aromatic amines is 1. The molecule has 2 heterocycles. The number of morpholine rings is 1. The third-order valence-corrected chi connectivity index (χ3v) is 4.78. The molecule has 2 atom stereocenters. The molecule has 2 fully saturated rings. The molecular weight excluding hydrogens is 328 g/mol. The Morgan fingerprint density at radius 3 is 2.64 bits per heavy atom. The minimum atomic E-state index is -2.67. The topological polar surface area (TPSA) is 58.2 Å². The summed E-state index contributed by atoms with van der Waals surface area (Å²) >= 11 is 0. The second kappa shape index (κ2) is 6.55. The van der Waals surface area contributed by atoms with Crippen LogP contribution in [0.25, 0.3) is 0 Å². The first-order chi connectivity index (χ1) is 12.1. The first kappa shape index (κ1) is 16.2. The van der Waals surface area contributed by atoms with Gasteiger partial charge in [-0.2, -0.15) is 5.10 Å². The summed E-state index contributed by atoms with van der Waals surface area (Å²) in [6.45, 7) is 0.868. The molecular formula is C18H19F2N3O2. The van der Waals surface area contributed by atoms with Crippen molar-refractivity contribution in [1.82, 2.24) is 15.1 Å². The molecule has 1 saturated heterocycles. The molecule has 1 saturated carbocycles. The van der Waals surface area contributed by atoms with Crippen molar-refractivity contribution in [3.63, 3.8) is 0 Å². The summed E-state index contributed by atoms with van der Waals surface area (Å²) in [6.07, 6.45) is -0.692. The van der Waals surface area contributed by atoms with Gasteiger partial charge in [-0.25, -0.2) is 8.78 Å². The van der Waals surface area contributed by atoms with Gasteiger partial charge in [-0.1, -0.05) is 30.3 Å². The number of ether oxygens (including phenoxy) is 1. The Kier molecular flexibility index (Phi) is 4.25. The molecule has 7 heteroatoms. The molecule has 0 spiro atoms. The van der Waals surface area contributed by atoms with Crippen LogP contribution in [-0.4, -0.2) is 40.2 Å². The van der Waals surface area contributed by atoms with Crippen LogP contribution < -0.4 is 0 Å². The zero-order valence-corrected chi connectivity index (χ0v) is 13.6. The quantitative estimate of drug-likeness (QED) is 0.923. The third-order valence-electron chi connectivity index (χ3n) is 4.78. The van der Waals surface area contributed by atoms with Crippen LogP contribution in [0.5, 0.6) is 0 Å². The van der Waals surface area contributed by atoms with E-state index in [9.17, 15) is 13.6 Å². The molecule has 5 nitrogen and oxygen atoms in total. The van der Waals surface area contributed by atoms with E-state index < -0.39 is 6.43 Å². The summed E-state index contributed by atoms with van der Waals surface area (Å²) in [7, 11) is 0. The fourth-order valence-corrected chi connectivity index (χ4v) is 3.25. The van der Waals surface area contributed by atoms with E-state index in [1.807, 2.05) is 30.3 Å². The first-order valence-electron chi connectivity index (χ1n) is 8.45. The number of alkyl halides is 2. The lowest BCUT2D eigenvalue weighted by atomic mass is 10.0. The summed E-state index contributed by atoms with van der Waals surface area (Å²) in [5.41, 5.74) is 0.703. The number of hydrogen-bond acceptors (Lipinski definition) is 3. The summed E-state index contributed by atoms with van der Waals surface area (Å²) in [4.78, 5) is 14.4. The average molecular weight is 347 g/mol. The molecule has 1 aliphatic carbocycles. The number of nitrogens with zero attached hydrogens (tertiary/aromatic N) is 2. The van der Waals surface area contributed by atoms with Gasteiger partial charge in [0.2, 0.25) is 0 Å². The number of nitrogens with one attached hydrogen (secondary N) is 1. The number of carbonyl (C=O) groups is 1. The Morgan fingerprint density at radius 2 is 2.00 bits per heavy atom. The monoisotopic (exact) mass is 347 g/mol. The van der Waals surface area contributed by atoms with Gasteiger partial charge >= 0.3 is 0 Å². The molecule has 0 radical (unpaired) electrons. The second-order valence-electron chi connectivity index (χ2n) is 6.63. The van der Waals surface area contributed by atoms with E-state index in [-0.39, 0.29) is 29.5 Å². The maximum absolute atomic E-state index is 12.7. The highest BCUT2D eigenvalue weighted by atomic mass is 19.3. The molecule has 1 aromatic carbocycles. The Labute approximate surface area is 144 Å². The third kappa shape index (κ3) is 3.42. The lowest BCUT2D eigenvalue weighted by Crippen LogP contribution is -2.47. The zero-order chi connectivity index (χ0) is 17.4. The van der Waals surface area contributed by atoms with E-state index in [2.05, 4.69) is 10.2 Å². The van der Waals surface area contributed by atoms with Gasteiger partial charge in [0.1, 0.15) is 11.8 Å². The summed E-state index contributed by atoms with van der Waals surface area (Å²) in [6, 6.07) is 10.9. The number of H-pyrrole nitrogens is 1. The normalized spacial score (nSPS) is 23.9. The van der Waals surface area contributed by atoms with Gasteiger partial charge in [-0.05, 0) is 30.4 Å². The van der Waals surface area contributed by atoms with Crippen molar-refractivity contribution < 1.29 is 18.3 Å². The van der Waals surface area contributed by atoms with Crippen molar-refractivity contribution in [2.75, 3.05) is 13.1 Å². The van der Waals surface area contributed by atoms with Gasteiger partial charge in [0.15, 0.2) is 5.69 Å². The van der Waals surface area contributed by atoms with E-state index in [0.29, 0.717) is 19.0 Å². The van der Waals surface area contributed by atoms with Crippen molar-refractivity contribution >= 4 is 5.91 Å². The van der Waals surface area contributed by atoms with Crippen molar-refractivity contribution in [3.05, 3.63) is 53.3 Å². The van der Waals surface area contributed by atoms with Gasteiger partial charge in [0, 0.05) is 6.54 Å². The fraction of sp³-hybridized carbons (Fsp3) is 0.444. The van der Waals surface area contributed by atoms with E-state index >= 15 is 0 Å². The SMILES string of the molecule is O=C(c1cc(C(F)F)[nH]n1)N1C[C@@H](c2ccccc2)O[C@@H](C2CC2)C1. The van der Waals surface area contributed by atoms with E-state index in [1.54, 1.807) is 4.90 Å². The predicted molar refractivity (Wildman–Crippen MR) is 86.2 cm³/mol. The number of aromatic nitrogens is 2. The molecule has 25 heavy (non-hydrogen) atoms. The molecule has 0 bridgehead atoms. The fourth-order valence-electron chi connectivity index (χ4n) is 3.25. The van der Waals surface area contributed by atoms with Crippen LogP contribution in [0.15, 0.2) is 36.4 Å². The maximum atomic E-state index is 12.7. The number of halogens is 2. The summed E-state index contributed by atoms with van der Waals surface area (Å²) < 4.78 is 31.7. The van der Waals surface area contributed by atoms with Crippen LogP contribution in [0.4, 0.5) is 8.78 Å². The van der Waals surface area contributed by atoms with Gasteiger partial charge in [0.05, 0.1) is 12.6 Å². The Bertz CT molecular complexity index is 746. The standard InChI is InChI=1S/C18H19F2N3O2/c19-17(20)13-8-14(22-21-13)18(24)23-9-15(11-4-2-1-3-5-11)25-16(10-23)12-6-7-12/h1-5,8,12,15-17H,6-7,9-10H2,(H,21,22)/t15-,16+/m0/s1. The Balaban J connectivity index is 1.55. The smallest absolute Gasteiger partial charge is 0.279 e. The lowest BCUT2D eigenvalue weighted by Gasteiger charge is -2.38. The number of benzene rings is 1. The largest absolute Gasteiger partial charge is 0.366 e. The molecule has 2 aromatic rings. The first-order valence-corrected chi connectivity index (χ1v) is 8.45. The van der Waals surface area contributed by atoms with Crippen LogP contribution in [0, 0.1) is 5.92 Å². The molecule has 1 N–H and O–H groups in total. The molecule has 4 rings (SSSR count). The molecule has 2 aliphatic rings. The number of amides is 1. The number of carbonyl (C=O) groups excluding carboxylic acids is 1. The summed E-state index contributed by atoms with van der Waals surface area (Å²) in [5.74, 6) is 0.135. The average Bonchev–Trinajstić information content (AvgIpc) is 3.37. The van der Waals surface area contributed by atoms with Crippen molar-refractivity contribution in [2.45, 2.75) is 31.5 Å². The summed E-state index contributed by atoms with van der Waals surface area (Å²) in [5, 5.41) is 5.99. The highest BCUT2D eigenvalue weighted by Crippen LogP contribution is 2.39. The maximum Gasteiger partial charge on any atom is 0.279 e. The molecule has 1 aromatic heterocycles. The van der Waals surface area contributed by atoms with E-state index in [1.165, 1.54) is 0 Å². The molecule has 1 amide bonds. The van der Waals surface area contributed by atoms with E-state index in [4.69, 9.17) is 4.74 Å². The van der Waals surface area contributed by atoms with Crippen LogP contribution in [0.3, 0.4) is 0 Å². The lowest BCUT2D eigenvalue weighted by molar-refractivity contribution is -0.0865.